The average molecular weight is 576 g/mol. The number of nitrogens with one attached hydrogen (secondary N) is 2. The summed E-state index contributed by atoms with van der Waals surface area (Å²) in [5.41, 5.74) is 2.37. The third kappa shape index (κ3) is 8.47. The number of hydrogen-bond donors (Lipinski definition) is 2. The van der Waals surface area contributed by atoms with Crippen molar-refractivity contribution in [3.8, 4) is 17.2 Å². The highest BCUT2D eigenvalue weighted by molar-refractivity contribution is 5.94. The second kappa shape index (κ2) is 15.2. The molecule has 0 spiro atoms. The van der Waals surface area contributed by atoms with E-state index in [-0.39, 0.29) is 23.1 Å². The Balaban J connectivity index is 1.92. The summed E-state index contributed by atoms with van der Waals surface area (Å²) in [6.07, 6.45) is 5.47. The minimum Gasteiger partial charge on any atom is -0.496 e. The van der Waals surface area contributed by atoms with Crippen LogP contribution in [0.3, 0.4) is 0 Å². The average Bonchev–Trinajstić information content (AvgIpc) is 2.98. The van der Waals surface area contributed by atoms with Crippen molar-refractivity contribution in [1.82, 2.24) is 10.3 Å². The maximum atomic E-state index is 14.2. The number of carbonyl (C=O) groups is 2. The number of pyridine rings is 1. The van der Waals surface area contributed by atoms with Crippen molar-refractivity contribution in [1.29, 1.82) is 0 Å². The van der Waals surface area contributed by atoms with Crippen LogP contribution in [0.25, 0.3) is 0 Å². The second-order valence-corrected chi connectivity index (χ2v) is 11.5. The van der Waals surface area contributed by atoms with Crippen molar-refractivity contribution >= 4 is 17.5 Å². The topological polar surface area (TPSA) is 98.8 Å². The van der Waals surface area contributed by atoms with E-state index in [4.69, 9.17) is 14.2 Å². The van der Waals surface area contributed by atoms with Crippen LogP contribution in [0, 0.1) is 11.3 Å². The smallest absolute Gasteiger partial charge is 0.270 e. The van der Waals surface area contributed by atoms with Crippen molar-refractivity contribution in [3.63, 3.8) is 0 Å². The molecule has 0 saturated carbocycles. The molecule has 3 rings (SSSR count). The molecule has 2 aromatic carbocycles. The lowest BCUT2D eigenvalue weighted by Crippen LogP contribution is -2.38. The number of amides is 2. The van der Waals surface area contributed by atoms with Crippen LogP contribution in [0.5, 0.6) is 17.2 Å². The van der Waals surface area contributed by atoms with Crippen molar-refractivity contribution in [2.75, 3.05) is 26.6 Å². The number of benzene rings is 2. The van der Waals surface area contributed by atoms with Gasteiger partial charge in [0.15, 0.2) is 0 Å². The zero-order chi connectivity index (χ0) is 30.7. The van der Waals surface area contributed by atoms with E-state index in [1.165, 1.54) is 0 Å². The summed E-state index contributed by atoms with van der Waals surface area (Å²) in [4.78, 5) is 30.8. The normalized spacial score (nSPS) is 12.6. The number of nitrogens with zero attached hydrogens (tertiary/aromatic N) is 1. The molecule has 0 saturated heterocycles. The first kappa shape index (κ1) is 32.4. The minimum atomic E-state index is -0.405. The number of anilines is 1. The Labute approximate surface area is 250 Å². The molecule has 2 unspecified atom stereocenters. The fraction of sp³-hybridized carbons (Fsp3) is 0.441. The lowest BCUT2D eigenvalue weighted by molar-refractivity contribution is -0.124. The van der Waals surface area contributed by atoms with Gasteiger partial charge in [0.1, 0.15) is 22.9 Å². The molecule has 42 heavy (non-hydrogen) atoms. The highest BCUT2D eigenvalue weighted by Crippen LogP contribution is 2.49. The Hall–Kier alpha value is -4.07. The Morgan fingerprint density at radius 1 is 0.905 bits per heavy atom. The van der Waals surface area contributed by atoms with Crippen LogP contribution in [-0.2, 0) is 11.3 Å². The third-order valence-electron chi connectivity index (χ3n) is 7.41. The zero-order valence-corrected chi connectivity index (χ0v) is 26.0. The van der Waals surface area contributed by atoms with Gasteiger partial charge in [-0.1, -0.05) is 65.2 Å². The van der Waals surface area contributed by atoms with Gasteiger partial charge in [-0.05, 0) is 41.7 Å². The van der Waals surface area contributed by atoms with Crippen molar-refractivity contribution in [2.45, 2.75) is 65.8 Å². The fourth-order valence-electron chi connectivity index (χ4n) is 5.42. The highest BCUT2D eigenvalue weighted by atomic mass is 16.5. The Morgan fingerprint density at radius 2 is 1.62 bits per heavy atom. The molecule has 0 aliphatic rings. The van der Waals surface area contributed by atoms with Gasteiger partial charge in [0.25, 0.3) is 5.91 Å². The summed E-state index contributed by atoms with van der Waals surface area (Å²) in [7, 11) is 4.87. The Morgan fingerprint density at radius 3 is 2.19 bits per heavy atom. The van der Waals surface area contributed by atoms with E-state index in [0.717, 1.165) is 36.8 Å². The fourth-order valence-corrected chi connectivity index (χ4v) is 5.42. The molecule has 1 aromatic heterocycles. The van der Waals surface area contributed by atoms with E-state index in [2.05, 4.69) is 43.3 Å². The lowest BCUT2D eigenvalue weighted by Gasteiger charge is -2.37. The number of ether oxygens (including phenoxy) is 3. The quantitative estimate of drug-likeness (QED) is 0.201. The predicted octanol–water partition coefficient (Wildman–Crippen LogP) is 7.00. The van der Waals surface area contributed by atoms with E-state index in [0.29, 0.717) is 35.2 Å². The molecule has 1 heterocycles. The number of rotatable bonds is 14. The molecule has 8 nitrogen and oxygen atoms in total. The van der Waals surface area contributed by atoms with Crippen LogP contribution in [0.15, 0.2) is 60.8 Å². The first-order valence-corrected chi connectivity index (χ1v) is 14.5. The summed E-state index contributed by atoms with van der Waals surface area (Å²) in [6, 6.07) is 16.4. The van der Waals surface area contributed by atoms with Gasteiger partial charge in [-0.25, -0.2) is 0 Å². The van der Waals surface area contributed by atoms with Gasteiger partial charge in [0.2, 0.25) is 5.91 Å². The summed E-state index contributed by atoms with van der Waals surface area (Å²) < 4.78 is 17.2. The molecule has 2 amide bonds. The molecule has 0 fully saturated rings. The van der Waals surface area contributed by atoms with Crippen molar-refractivity contribution in [3.05, 3.63) is 77.6 Å². The Bertz CT molecular complexity index is 1300. The summed E-state index contributed by atoms with van der Waals surface area (Å²) >= 11 is 0. The predicted molar refractivity (Wildman–Crippen MR) is 166 cm³/mol. The molecular weight excluding hydrogens is 530 g/mol. The van der Waals surface area contributed by atoms with Gasteiger partial charge in [-0.3, -0.25) is 14.6 Å². The van der Waals surface area contributed by atoms with Crippen LogP contribution in [0.1, 0.15) is 80.9 Å². The molecule has 2 atom stereocenters. The van der Waals surface area contributed by atoms with Gasteiger partial charge >= 0.3 is 0 Å². The standard InChI is InChI=1S/C34H45N3O5/c1-8-9-10-16-26(30-28(41-6)20-25(40-5)21-29(30)42-7)31(34(2,3)4)33(39)37-24-15-13-14-23(19-24)22-36-32(38)27-17-11-12-18-35-27/h11-15,17-21,26,31H,8-10,16,22H2,1-7H3,(H,36,38)(H,37,39). The molecule has 8 heteroatoms. The minimum absolute atomic E-state index is 0.0846. The van der Waals surface area contributed by atoms with Gasteiger partial charge in [-0.2, -0.15) is 0 Å². The molecular formula is C34H45N3O5. The van der Waals surface area contributed by atoms with Gasteiger partial charge in [-0.15, -0.1) is 0 Å². The van der Waals surface area contributed by atoms with E-state index >= 15 is 0 Å². The molecule has 0 aliphatic heterocycles. The van der Waals surface area contributed by atoms with E-state index in [1.807, 2.05) is 36.4 Å². The first-order chi connectivity index (χ1) is 20.1. The van der Waals surface area contributed by atoms with Crippen molar-refractivity contribution < 1.29 is 23.8 Å². The van der Waals surface area contributed by atoms with Crippen LogP contribution < -0.4 is 24.8 Å². The van der Waals surface area contributed by atoms with Crippen molar-refractivity contribution in [2.24, 2.45) is 11.3 Å². The third-order valence-corrected chi connectivity index (χ3v) is 7.41. The van der Waals surface area contributed by atoms with E-state index in [9.17, 15) is 9.59 Å². The van der Waals surface area contributed by atoms with E-state index < -0.39 is 5.92 Å². The molecule has 0 bridgehead atoms. The monoisotopic (exact) mass is 575 g/mol. The number of carbonyl (C=O) groups excluding carboxylic acids is 2. The molecule has 0 aliphatic carbocycles. The van der Waals surface area contributed by atoms with Crippen LogP contribution in [0.4, 0.5) is 5.69 Å². The zero-order valence-electron chi connectivity index (χ0n) is 26.0. The summed E-state index contributed by atoms with van der Waals surface area (Å²) in [5, 5.41) is 6.07. The lowest BCUT2D eigenvalue weighted by atomic mass is 9.68. The number of hydrogen-bond acceptors (Lipinski definition) is 6. The van der Waals surface area contributed by atoms with Crippen LogP contribution >= 0.6 is 0 Å². The summed E-state index contributed by atoms with van der Waals surface area (Å²) in [6.45, 7) is 8.76. The second-order valence-electron chi connectivity index (χ2n) is 11.5. The largest absolute Gasteiger partial charge is 0.496 e. The van der Waals surface area contributed by atoms with Crippen LogP contribution in [-0.4, -0.2) is 38.1 Å². The van der Waals surface area contributed by atoms with E-state index in [1.54, 1.807) is 45.7 Å². The molecule has 2 N–H and O–H groups in total. The Kier molecular flexibility index (Phi) is 11.8. The highest BCUT2D eigenvalue weighted by Gasteiger charge is 2.41. The van der Waals surface area contributed by atoms with Gasteiger partial charge in [0.05, 0.1) is 27.2 Å². The SMILES string of the molecule is CCCCCC(c1c(OC)cc(OC)cc1OC)C(C(=O)Nc1cccc(CNC(=O)c2ccccn2)c1)C(C)(C)C. The first-order valence-electron chi connectivity index (χ1n) is 14.5. The molecule has 3 aromatic rings. The van der Waals surface area contributed by atoms with Gasteiger partial charge in [0, 0.05) is 42.0 Å². The summed E-state index contributed by atoms with van der Waals surface area (Å²) in [5.74, 6) is 0.990. The number of unbranched alkanes of at least 4 members (excludes halogenated alkanes) is 2. The number of aromatic nitrogens is 1. The van der Waals surface area contributed by atoms with Gasteiger partial charge < -0.3 is 24.8 Å². The molecule has 0 radical (unpaired) electrons. The number of methoxy groups -OCH3 is 3. The molecule has 226 valence electrons. The maximum Gasteiger partial charge on any atom is 0.270 e. The van der Waals surface area contributed by atoms with Crippen LogP contribution in [0.2, 0.25) is 0 Å². The maximum absolute atomic E-state index is 14.2.